The van der Waals surface area contributed by atoms with Gasteiger partial charge < -0.3 is 21.1 Å². The van der Waals surface area contributed by atoms with Gasteiger partial charge in [-0.3, -0.25) is 4.79 Å². The molecule has 0 heterocycles. The summed E-state index contributed by atoms with van der Waals surface area (Å²) in [4.78, 5) is 10.8. The molecule has 0 bridgehead atoms. The average molecular weight is 163 g/mol. The molecule has 5 heteroatoms. The van der Waals surface area contributed by atoms with Crippen molar-refractivity contribution in [2.45, 2.75) is 25.2 Å². The Kier molecular flexibility index (Phi) is 4.20. The van der Waals surface area contributed by atoms with Crippen LogP contribution in [0.2, 0.25) is 0 Å². The molecule has 5 N–H and O–H groups in total. The third-order valence-corrected chi connectivity index (χ3v) is 1.32. The topological polar surface area (TPSA) is 104 Å². The second-order valence-electron chi connectivity index (χ2n) is 2.37. The highest BCUT2D eigenvalue weighted by atomic mass is 16.3. The lowest BCUT2D eigenvalue weighted by molar-refractivity contribution is -0.136. The molecule has 0 spiro atoms. The number of carbonyl (C=O) groups excluding carboxylic acids is 1. The second-order valence-corrected chi connectivity index (χ2v) is 2.37. The van der Waals surface area contributed by atoms with Crippen LogP contribution in [0, 0.1) is 0 Å². The van der Waals surface area contributed by atoms with Crippen LogP contribution in [0.25, 0.3) is 0 Å². The first-order valence-corrected chi connectivity index (χ1v) is 3.27. The van der Waals surface area contributed by atoms with Gasteiger partial charge in [-0.15, -0.1) is 0 Å². The standard InChI is InChI=1S/C6H13NO4/c1-3(9)5(10)6(11)4(7)2-8/h3-4,6,8-9,11H,2,7H2,1H3. The summed E-state index contributed by atoms with van der Waals surface area (Å²) < 4.78 is 0. The average Bonchev–Trinajstić information content (AvgIpc) is 2.00. The predicted molar refractivity (Wildman–Crippen MR) is 37.8 cm³/mol. The zero-order valence-electron chi connectivity index (χ0n) is 6.27. The SMILES string of the molecule is CC(O)C(=O)C(O)C(N)CO. The third kappa shape index (κ3) is 2.94. The summed E-state index contributed by atoms with van der Waals surface area (Å²) in [5, 5.41) is 26.1. The minimum absolute atomic E-state index is 0.486. The van der Waals surface area contributed by atoms with Crippen molar-refractivity contribution < 1.29 is 20.1 Å². The Morgan fingerprint density at radius 1 is 1.55 bits per heavy atom. The van der Waals surface area contributed by atoms with Crippen molar-refractivity contribution in [3.8, 4) is 0 Å². The van der Waals surface area contributed by atoms with Gasteiger partial charge in [0.25, 0.3) is 0 Å². The van der Waals surface area contributed by atoms with Crippen LogP contribution >= 0.6 is 0 Å². The lowest BCUT2D eigenvalue weighted by Gasteiger charge is -2.16. The van der Waals surface area contributed by atoms with E-state index in [0.717, 1.165) is 0 Å². The van der Waals surface area contributed by atoms with Gasteiger partial charge in [0.2, 0.25) is 0 Å². The van der Waals surface area contributed by atoms with Crippen molar-refractivity contribution in [3.63, 3.8) is 0 Å². The molecule has 0 aliphatic rings. The molecule has 0 amide bonds. The number of aliphatic hydroxyl groups is 3. The maximum absolute atomic E-state index is 10.8. The largest absolute Gasteiger partial charge is 0.395 e. The normalized spacial score (nSPS) is 19.0. The van der Waals surface area contributed by atoms with E-state index in [1.165, 1.54) is 6.92 Å². The second kappa shape index (κ2) is 4.40. The summed E-state index contributed by atoms with van der Waals surface area (Å²) in [5.41, 5.74) is 5.12. The van der Waals surface area contributed by atoms with Crippen LogP contribution in [0.5, 0.6) is 0 Å². The van der Waals surface area contributed by atoms with E-state index in [-0.39, 0.29) is 0 Å². The Labute approximate surface area is 64.4 Å². The summed E-state index contributed by atoms with van der Waals surface area (Å²) in [6.45, 7) is 0.745. The lowest BCUT2D eigenvalue weighted by Crippen LogP contribution is -2.46. The molecule has 0 fully saturated rings. The molecular formula is C6H13NO4. The number of hydrogen-bond donors (Lipinski definition) is 4. The van der Waals surface area contributed by atoms with Crippen molar-refractivity contribution in [3.05, 3.63) is 0 Å². The predicted octanol–water partition coefficient (Wildman–Crippen LogP) is -2.38. The van der Waals surface area contributed by atoms with E-state index in [0.29, 0.717) is 0 Å². The Balaban J connectivity index is 4.02. The van der Waals surface area contributed by atoms with Crippen LogP contribution in [-0.4, -0.2) is 46.0 Å². The molecule has 5 nitrogen and oxygen atoms in total. The molecule has 0 aromatic heterocycles. The highest BCUT2D eigenvalue weighted by molar-refractivity contribution is 5.87. The van der Waals surface area contributed by atoms with E-state index >= 15 is 0 Å². The number of ketones is 1. The molecule has 0 aliphatic heterocycles. The first kappa shape index (κ1) is 10.5. The minimum Gasteiger partial charge on any atom is -0.395 e. The third-order valence-electron chi connectivity index (χ3n) is 1.32. The van der Waals surface area contributed by atoms with E-state index in [9.17, 15) is 4.79 Å². The molecule has 3 atom stereocenters. The maximum Gasteiger partial charge on any atom is 0.190 e. The van der Waals surface area contributed by atoms with E-state index in [1.807, 2.05) is 0 Å². The van der Waals surface area contributed by atoms with Gasteiger partial charge >= 0.3 is 0 Å². The fraction of sp³-hybridized carbons (Fsp3) is 0.833. The van der Waals surface area contributed by atoms with Crippen LogP contribution in [0.1, 0.15) is 6.92 Å². The van der Waals surface area contributed by atoms with E-state index in [1.54, 1.807) is 0 Å². The highest BCUT2D eigenvalue weighted by Crippen LogP contribution is 1.95. The quantitative estimate of drug-likeness (QED) is 0.370. The molecule has 3 unspecified atom stereocenters. The number of carbonyl (C=O) groups is 1. The zero-order chi connectivity index (χ0) is 9.02. The fourth-order valence-corrected chi connectivity index (χ4v) is 0.558. The van der Waals surface area contributed by atoms with Crippen LogP contribution in [0.4, 0.5) is 0 Å². The number of rotatable bonds is 4. The number of aliphatic hydroxyl groups excluding tert-OH is 3. The summed E-state index contributed by atoms with van der Waals surface area (Å²) in [6.07, 6.45) is -2.73. The van der Waals surface area contributed by atoms with Crippen LogP contribution < -0.4 is 5.73 Å². The highest BCUT2D eigenvalue weighted by Gasteiger charge is 2.25. The summed E-state index contributed by atoms with van der Waals surface area (Å²) in [5.74, 6) is -0.772. The molecule has 0 saturated heterocycles. The van der Waals surface area contributed by atoms with Gasteiger partial charge in [0.15, 0.2) is 5.78 Å². The minimum atomic E-state index is -1.49. The van der Waals surface area contributed by atoms with Crippen LogP contribution in [0.3, 0.4) is 0 Å². The molecule has 0 radical (unpaired) electrons. The number of hydrogen-bond acceptors (Lipinski definition) is 5. The van der Waals surface area contributed by atoms with Crippen molar-refractivity contribution in [2.75, 3.05) is 6.61 Å². The molecule has 0 saturated carbocycles. The molecule has 0 aromatic carbocycles. The number of Topliss-reactive ketones (excluding diaryl/α,β-unsaturated/α-hetero) is 1. The van der Waals surface area contributed by atoms with E-state index < -0.39 is 30.6 Å². The van der Waals surface area contributed by atoms with Crippen molar-refractivity contribution in [1.29, 1.82) is 0 Å². The van der Waals surface area contributed by atoms with Crippen molar-refractivity contribution in [1.82, 2.24) is 0 Å². The summed E-state index contributed by atoms with van der Waals surface area (Å²) in [6, 6.07) is -1.02. The molecule has 11 heavy (non-hydrogen) atoms. The van der Waals surface area contributed by atoms with Gasteiger partial charge in [-0.1, -0.05) is 0 Å². The van der Waals surface area contributed by atoms with E-state index in [4.69, 9.17) is 21.1 Å². The van der Waals surface area contributed by atoms with Gasteiger partial charge in [0.05, 0.1) is 12.6 Å². The maximum atomic E-state index is 10.8. The molecule has 0 aromatic rings. The summed E-state index contributed by atoms with van der Waals surface area (Å²) in [7, 11) is 0. The number of nitrogens with two attached hydrogens (primary N) is 1. The van der Waals surface area contributed by atoms with Gasteiger partial charge in [-0.25, -0.2) is 0 Å². The molecular weight excluding hydrogens is 150 g/mol. The Morgan fingerprint density at radius 3 is 2.27 bits per heavy atom. The molecule has 0 rings (SSSR count). The Morgan fingerprint density at radius 2 is 2.00 bits per heavy atom. The van der Waals surface area contributed by atoms with Crippen LogP contribution in [0.15, 0.2) is 0 Å². The van der Waals surface area contributed by atoms with Crippen molar-refractivity contribution in [2.24, 2.45) is 5.73 Å². The first-order valence-electron chi connectivity index (χ1n) is 3.27. The van der Waals surface area contributed by atoms with Gasteiger partial charge in [0, 0.05) is 0 Å². The van der Waals surface area contributed by atoms with Gasteiger partial charge in [0.1, 0.15) is 12.2 Å². The Hall–Kier alpha value is -0.490. The van der Waals surface area contributed by atoms with Crippen LogP contribution in [-0.2, 0) is 4.79 Å². The first-order chi connectivity index (χ1) is 5.00. The zero-order valence-corrected chi connectivity index (χ0v) is 6.27. The molecule has 66 valence electrons. The molecule has 0 aliphatic carbocycles. The van der Waals surface area contributed by atoms with Crippen molar-refractivity contribution >= 4 is 5.78 Å². The van der Waals surface area contributed by atoms with E-state index in [2.05, 4.69) is 0 Å². The smallest absolute Gasteiger partial charge is 0.190 e. The fourth-order valence-electron chi connectivity index (χ4n) is 0.558. The lowest BCUT2D eigenvalue weighted by atomic mass is 10.1. The summed E-state index contributed by atoms with van der Waals surface area (Å²) >= 11 is 0. The monoisotopic (exact) mass is 163 g/mol. The van der Waals surface area contributed by atoms with Gasteiger partial charge in [-0.2, -0.15) is 0 Å². The van der Waals surface area contributed by atoms with Gasteiger partial charge in [-0.05, 0) is 6.92 Å². The Bertz CT molecular complexity index is 137.